The molecule has 96 valence electrons. The van der Waals surface area contributed by atoms with Crippen LogP contribution < -0.4 is 5.32 Å². The van der Waals surface area contributed by atoms with Crippen LogP contribution in [0, 0.1) is 0 Å². The third-order valence-corrected chi connectivity index (χ3v) is 4.03. The molecule has 1 aromatic rings. The maximum absolute atomic E-state index is 12.1. The summed E-state index contributed by atoms with van der Waals surface area (Å²) < 4.78 is 0. The molecular formula is C14H18N2O2. The second-order valence-electron chi connectivity index (χ2n) is 5.16. The minimum absolute atomic E-state index is 0.0790. The van der Waals surface area contributed by atoms with Gasteiger partial charge in [0.1, 0.15) is 5.75 Å². The van der Waals surface area contributed by atoms with Gasteiger partial charge in [-0.1, -0.05) is 6.07 Å². The Balaban J connectivity index is 1.68. The first kappa shape index (κ1) is 11.5. The predicted octanol–water partition coefficient (Wildman–Crippen LogP) is 1.36. The van der Waals surface area contributed by atoms with Crippen molar-refractivity contribution in [2.45, 2.75) is 31.3 Å². The minimum atomic E-state index is -0.0790. The van der Waals surface area contributed by atoms with E-state index in [2.05, 4.69) is 10.2 Å². The van der Waals surface area contributed by atoms with Crippen LogP contribution in [-0.2, 0) is 0 Å². The lowest BCUT2D eigenvalue weighted by Crippen LogP contribution is -2.42. The van der Waals surface area contributed by atoms with E-state index < -0.39 is 0 Å². The minimum Gasteiger partial charge on any atom is -0.508 e. The van der Waals surface area contributed by atoms with Crippen molar-refractivity contribution in [3.63, 3.8) is 0 Å². The number of aromatic hydroxyl groups is 1. The SMILES string of the molecule is O=C(NC1CCN2CCCC12)c1cccc(O)c1. The largest absolute Gasteiger partial charge is 0.508 e. The molecule has 2 atom stereocenters. The molecule has 2 unspecified atom stereocenters. The van der Waals surface area contributed by atoms with Crippen molar-refractivity contribution in [1.29, 1.82) is 0 Å². The van der Waals surface area contributed by atoms with Gasteiger partial charge in [0, 0.05) is 24.2 Å². The van der Waals surface area contributed by atoms with Gasteiger partial charge < -0.3 is 10.4 Å². The van der Waals surface area contributed by atoms with E-state index in [1.54, 1.807) is 18.2 Å². The molecule has 0 radical (unpaired) electrons. The zero-order chi connectivity index (χ0) is 12.5. The van der Waals surface area contributed by atoms with Gasteiger partial charge >= 0.3 is 0 Å². The number of carbonyl (C=O) groups is 1. The summed E-state index contributed by atoms with van der Waals surface area (Å²) in [5.41, 5.74) is 0.534. The van der Waals surface area contributed by atoms with Crippen LogP contribution in [0.3, 0.4) is 0 Å². The molecule has 2 aliphatic rings. The van der Waals surface area contributed by atoms with Crippen LogP contribution in [0.1, 0.15) is 29.6 Å². The van der Waals surface area contributed by atoms with Crippen LogP contribution in [0.5, 0.6) is 5.75 Å². The molecule has 18 heavy (non-hydrogen) atoms. The average Bonchev–Trinajstić information content (AvgIpc) is 2.94. The summed E-state index contributed by atoms with van der Waals surface area (Å²) in [5, 5.41) is 12.5. The van der Waals surface area contributed by atoms with Gasteiger partial charge in [-0.15, -0.1) is 0 Å². The summed E-state index contributed by atoms with van der Waals surface area (Å²) in [6.45, 7) is 2.26. The first-order valence-corrected chi connectivity index (χ1v) is 6.58. The topological polar surface area (TPSA) is 52.6 Å². The third kappa shape index (κ3) is 2.08. The Morgan fingerprint density at radius 3 is 3.06 bits per heavy atom. The van der Waals surface area contributed by atoms with Crippen LogP contribution >= 0.6 is 0 Å². The van der Waals surface area contributed by atoms with Crippen LogP contribution in [-0.4, -0.2) is 41.1 Å². The summed E-state index contributed by atoms with van der Waals surface area (Å²) in [5.74, 6) is 0.0567. The molecule has 4 nitrogen and oxygen atoms in total. The molecule has 0 saturated carbocycles. The highest BCUT2D eigenvalue weighted by Gasteiger charge is 2.37. The molecule has 0 bridgehead atoms. The van der Waals surface area contributed by atoms with Gasteiger partial charge in [0.05, 0.1) is 0 Å². The Bertz CT molecular complexity index is 461. The maximum Gasteiger partial charge on any atom is 0.251 e. The number of phenols is 1. The number of benzene rings is 1. The lowest BCUT2D eigenvalue weighted by molar-refractivity contribution is 0.0929. The van der Waals surface area contributed by atoms with Crippen LogP contribution in [0.4, 0.5) is 0 Å². The molecule has 1 amide bonds. The van der Waals surface area contributed by atoms with E-state index in [0.29, 0.717) is 11.6 Å². The van der Waals surface area contributed by atoms with Gasteiger partial charge in [0.15, 0.2) is 0 Å². The van der Waals surface area contributed by atoms with E-state index in [0.717, 1.165) is 13.0 Å². The van der Waals surface area contributed by atoms with E-state index in [9.17, 15) is 9.90 Å². The molecule has 0 spiro atoms. The van der Waals surface area contributed by atoms with Crippen molar-refractivity contribution < 1.29 is 9.90 Å². The van der Waals surface area contributed by atoms with Crippen molar-refractivity contribution >= 4 is 5.91 Å². The quantitative estimate of drug-likeness (QED) is 0.828. The Hall–Kier alpha value is -1.55. The van der Waals surface area contributed by atoms with E-state index in [1.807, 2.05) is 0 Å². The number of fused-ring (bicyclic) bond motifs is 1. The van der Waals surface area contributed by atoms with E-state index >= 15 is 0 Å². The Morgan fingerprint density at radius 2 is 2.22 bits per heavy atom. The lowest BCUT2D eigenvalue weighted by Gasteiger charge is -2.21. The Kier molecular flexibility index (Phi) is 2.96. The van der Waals surface area contributed by atoms with Crippen molar-refractivity contribution in [2.75, 3.05) is 13.1 Å². The molecule has 2 saturated heterocycles. The zero-order valence-corrected chi connectivity index (χ0v) is 10.3. The second-order valence-corrected chi connectivity index (χ2v) is 5.16. The monoisotopic (exact) mass is 246 g/mol. The van der Waals surface area contributed by atoms with Gasteiger partial charge in [-0.25, -0.2) is 0 Å². The first-order valence-electron chi connectivity index (χ1n) is 6.58. The van der Waals surface area contributed by atoms with Crippen molar-refractivity contribution in [3.05, 3.63) is 29.8 Å². The van der Waals surface area contributed by atoms with E-state index in [4.69, 9.17) is 0 Å². The van der Waals surface area contributed by atoms with E-state index in [1.165, 1.54) is 25.5 Å². The van der Waals surface area contributed by atoms with Gasteiger partial charge in [-0.3, -0.25) is 9.69 Å². The molecule has 0 aromatic heterocycles. The fourth-order valence-electron chi connectivity index (χ4n) is 3.15. The van der Waals surface area contributed by atoms with Gasteiger partial charge in [-0.05, 0) is 44.0 Å². The summed E-state index contributed by atoms with van der Waals surface area (Å²) in [6.07, 6.45) is 3.46. The number of hydrogen-bond acceptors (Lipinski definition) is 3. The summed E-state index contributed by atoms with van der Waals surface area (Å²) in [7, 11) is 0. The number of carbonyl (C=O) groups excluding carboxylic acids is 1. The van der Waals surface area contributed by atoms with Crippen molar-refractivity contribution in [1.82, 2.24) is 10.2 Å². The van der Waals surface area contributed by atoms with Gasteiger partial charge in [-0.2, -0.15) is 0 Å². The van der Waals surface area contributed by atoms with Crippen LogP contribution in [0.2, 0.25) is 0 Å². The Morgan fingerprint density at radius 1 is 1.33 bits per heavy atom. The number of hydrogen-bond donors (Lipinski definition) is 2. The molecule has 2 N–H and O–H groups in total. The molecular weight excluding hydrogens is 228 g/mol. The standard InChI is InChI=1S/C14H18N2O2/c17-11-4-1-3-10(9-11)14(18)15-12-6-8-16-7-2-5-13(12)16/h1,3-4,9,12-13,17H,2,5-8H2,(H,15,18). The molecule has 4 heteroatoms. The lowest BCUT2D eigenvalue weighted by atomic mass is 10.1. The van der Waals surface area contributed by atoms with Crippen molar-refractivity contribution in [2.24, 2.45) is 0 Å². The molecule has 1 aromatic carbocycles. The molecule has 2 aliphatic heterocycles. The smallest absolute Gasteiger partial charge is 0.251 e. The third-order valence-electron chi connectivity index (χ3n) is 4.03. The zero-order valence-electron chi connectivity index (χ0n) is 10.3. The Labute approximate surface area is 107 Å². The fourth-order valence-corrected chi connectivity index (χ4v) is 3.15. The number of phenolic OH excluding ortho intramolecular Hbond substituents is 1. The summed E-state index contributed by atoms with van der Waals surface area (Å²) in [4.78, 5) is 14.6. The van der Waals surface area contributed by atoms with Crippen molar-refractivity contribution in [3.8, 4) is 5.75 Å². The number of nitrogens with zero attached hydrogens (tertiary/aromatic N) is 1. The first-order chi connectivity index (χ1) is 8.74. The fraction of sp³-hybridized carbons (Fsp3) is 0.500. The normalized spacial score (nSPS) is 27.1. The maximum atomic E-state index is 12.1. The number of nitrogens with one attached hydrogen (secondary N) is 1. The summed E-state index contributed by atoms with van der Waals surface area (Å²) >= 11 is 0. The predicted molar refractivity (Wildman–Crippen MR) is 68.6 cm³/mol. The van der Waals surface area contributed by atoms with Gasteiger partial charge in [0.2, 0.25) is 0 Å². The number of rotatable bonds is 2. The second kappa shape index (κ2) is 4.61. The van der Waals surface area contributed by atoms with Crippen LogP contribution in [0.25, 0.3) is 0 Å². The van der Waals surface area contributed by atoms with Crippen LogP contribution in [0.15, 0.2) is 24.3 Å². The van der Waals surface area contributed by atoms with E-state index in [-0.39, 0.29) is 17.7 Å². The molecule has 2 heterocycles. The highest BCUT2D eigenvalue weighted by Crippen LogP contribution is 2.28. The molecule has 3 rings (SSSR count). The highest BCUT2D eigenvalue weighted by molar-refractivity contribution is 5.94. The van der Waals surface area contributed by atoms with Gasteiger partial charge in [0.25, 0.3) is 5.91 Å². The molecule has 2 fully saturated rings. The summed E-state index contributed by atoms with van der Waals surface area (Å²) in [6, 6.07) is 7.30. The number of amides is 1. The molecule has 0 aliphatic carbocycles. The average molecular weight is 246 g/mol. The highest BCUT2D eigenvalue weighted by atomic mass is 16.3.